The van der Waals surface area contributed by atoms with Gasteiger partial charge < -0.3 is 10.1 Å². The number of hydrogen-bond acceptors (Lipinski definition) is 4. The number of nitrogens with zero attached hydrogens (tertiary/aromatic N) is 1. The summed E-state index contributed by atoms with van der Waals surface area (Å²) in [4.78, 5) is 14.6. The number of carbonyl (C=O) groups excluding carboxylic acids is 1. The van der Waals surface area contributed by atoms with Gasteiger partial charge in [0, 0.05) is 43.6 Å². The van der Waals surface area contributed by atoms with Crippen LogP contribution in [0.5, 0.6) is 0 Å². The first-order valence-electron chi connectivity index (χ1n) is 8.54. The monoisotopic (exact) mass is 312 g/mol. The van der Waals surface area contributed by atoms with Crippen LogP contribution in [0.4, 0.5) is 0 Å². The molecule has 3 rings (SSSR count). The predicted octanol–water partition coefficient (Wildman–Crippen LogP) is 2.03. The molecule has 0 aromatic carbocycles. The standard InChI is InChI=1S/C16H28N2O2S/c19-16(12-21-15-3-1-2-4-15)17-13-5-8-18(11-13)14-6-9-20-10-7-14/h13-15H,1-12H2,(H,17,19). The van der Waals surface area contributed by atoms with Crippen LogP contribution in [0, 0.1) is 0 Å². The lowest BCUT2D eigenvalue weighted by molar-refractivity contribution is -0.119. The lowest BCUT2D eigenvalue weighted by Gasteiger charge is -2.31. The molecule has 1 saturated carbocycles. The largest absolute Gasteiger partial charge is 0.381 e. The van der Waals surface area contributed by atoms with E-state index in [1.807, 2.05) is 11.8 Å². The van der Waals surface area contributed by atoms with E-state index in [-0.39, 0.29) is 5.91 Å². The molecule has 1 unspecified atom stereocenters. The Bertz CT molecular complexity index is 341. The second-order valence-corrected chi connectivity index (χ2v) is 7.90. The van der Waals surface area contributed by atoms with Crippen molar-refractivity contribution in [3.63, 3.8) is 0 Å². The molecule has 21 heavy (non-hydrogen) atoms. The number of carbonyl (C=O) groups is 1. The minimum atomic E-state index is 0.241. The van der Waals surface area contributed by atoms with Gasteiger partial charge in [0.2, 0.25) is 5.91 Å². The Labute approximate surface area is 132 Å². The summed E-state index contributed by atoms with van der Waals surface area (Å²) in [6, 6.07) is 1.04. The van der Waals surface area contributed by atoms with Gasteiger partial charge in [-0.15, -0.1) is 11.8 Å². The number of likely N-dealkylation sites (tertiary alicyclic amines) is 1. The van der Waals surface area contributed by atoms with Crippen LogP contribution in [0.3, 0.4) is 0 Å². The number of ether oxygens (including phenoxy) is 1. The highest BCUT2D eigenvalue weighted by Gasteiger charge is 2.30. The maximum Gasteiger partial charge on any atom is 0.230 e. The summed E-state index contributed by atoms with van der Waals surface area (Å²) < 4.78 is 5.43. The van der Waals surface area contributed by atoms with Crippen LogP contribution < -0.4 is 5.32 Å². The second kappa shape index (κ2) is 7.84. The first-order chi connectivity index (χ1) is 10.3. The Hall–Kier alpha value is -0.260. The third-order valence-corrected chi connectivity index (χ3v) is 6.42. The second-order valence-electron chi connectivity index (χ2n) is 6.61. The van der Waals surface area contributed by atoms with Crippen molar-refractivity contribution in [1.82, 2.24) is 10.2 Å². The Morgan fingerprint density at radius 1 is 1.14 bits per heavy atom. The van der Waals surface area contributed by atoms with Gasteiger partial charge in [-0.05, 0) is 32.1 Å². The number of nitrogens with one attached hydrogen (secondary N) is 1. The number of thioether (sulfide) groups is 1. The van der Waals surface area contributed by atoms with Gasteiger partial charge in [-0.25, -0.2) is 0 Å². The molecule has 120 valence electrons. The average Bonchev–Trinajstić information content (AvgIpc) is 3.17. The van der Waals surface area contributed by atoms with E-state index in [1.165, 1.54) is 25.7 Å². The molecule has 3 fully saturated rings. The maximum atomic E-state index is 12.1. The van der Waals surface area contributed by atoms with Crippen LogP contribution in [-0.4, -0.2) is 60.2 Å². The predicted molar refractivity (Wildman–Crippen MR) is 86.7 cm³/mol. The first kappa shape index (κ1) is 15.6. The number of hydrogen-bond donors (Lipinski definition) is 1. The molecular weight excluding hydrogens is 284 g/mol. The van der Waals surface area contributed by atoms with Crippen molar-refractivity contribution in [1.29, 1.82) is 0 Å². The van der Waals surface area contributed by atoms with Crippen molar-refractivity contribution in [2.75, 3.05) is 32.1 Å². The summed E-state index contributed by atoms with van der Waals surface area (Å²) in [5.74, 6) is 0.893. The third kappa shape index (κ3) is 4.60. The number of rotatable bonds is 5. The van der Waals surface area contributed by atoms with E-state index in [4.69, 9.17) is 4.74 Å². The zero-order valence-electron chi connectivity index (χ0n) is 12.9. The van der Waals surface area contributed by atoms with Crippen LogP contribution in [0.2, 0.25) is 0 Å². The Balaban J connectivity index is 1.34. The van der Waals surface area contributed by atoms with E-state index in [9.17, 15) is 4.79 Å². The van der Waals surface area contributed by atoms with Crippen molar-refractivity contribution in [2.24, 2.45) is 0 Å². The van der Waals surface area contributed by atoms with Gasteiger partial charge in [-0.3, -0.25) is 9.69 Å². The molecule has 1 amide bonds. The summed E-state index contributed by atoms with van der Waals surface area (Å²) >= 11 is 1.86. The van der Waals surface area contributed by atoms with Crippen molar-refractivity contribution >= 4 is 17.7 Å². The molecule has 1 atom stereocenters. The Kier molecular flexibility index (Phi) is 5.83. The van der Waals surface area contributed by atoms with Gasteiger partial charge >= 0.3 is 0 Å². The fourth-order valence-corrected chi connectivity index (χ4v) is 4.94. The minimum absolute atomic E-state index is 0.241. The van der Waals surface area contributed by atoms with Crippen molar-refractivity contribution in [3.05, 3.63) is 0 Å². The van der Waals surface area contributed by atoms with Crippen molar-refractivity contribution in [3.8, 4) is 0 Å². The molecule has 5 heteroatoms. The SMILES string of the molecule is O=C(CSC1CCCC1)NC1CCN(C2CCOCC2)C1. The molecule has 1 aliphatic carbocycles. The molecule has 0 aromatic rings. The van der Waals surface area contributed by atoms with E-state index in [2.05, 4.69) is 10.2 Å². The van der Waals surface area contributed by atoms with Gasteiger partial charge in [0.15, 0.2) is 0 Å². The van der Waals surface area contributed by atoms with Crippen LogP contribution in [-0.2, 0) is 9.53 Å². The zero-order valence-corrected chi connectivity index (χ0v) is 13.7. The van der Waals surface area contributed by atoms with Crippen LogP contribution in [0.15, 0.2) is 0 Å². The van der Waals surface area contributed by atoms with Crippen molar-refractivity contribution in [2.45, 2.75) is 62.3 Å². The summed E-state index contributed by atoms with van der Waals surface area (Å²) in [6.45, 7) is 3.96. The molecule has 2 saturated heterocycles. The van der Waals surface area contributed by atoms with Gasteiger partial charge in [-0.1, -0.05) is 12.8 Å². The van der Waals surface area contributed by atoms with E-state index in [1.54, 1.807) is 0 Å². The van der Waals surface area contributed by atoms with Gasteiger partial charge in [-0.2, -0.15) is 0 Å². The van der Waals surface area contributed by atoms with E-state index >= 15 is 0 Å². The van der Waals surface area contributed by atoms with Crippen LogP contribution in [0.1, 0.15) is 44.9 Å². The fraction of sp³-hybridized carbons (Fsp3) is 0.938. The topological polar surface area (TPSA) is 41.6 Å². The fourth-order valence-electron chi connectivity index (χ4n) is 3.80. The van der Waals surface area contributed by atoms with E-state index < -0.39 is 0 Å². The number of amides is 1. The van der Waals surface area contributed by atoms with Crippen LogP contribution >= 0.6 is 11.8 Å². The van der Waals surface area contributed by atoms with Crippen LogP contribution in [0.25, 0.3) is 0 Å². The van der Waals surface area contributed by atoms with E-state index in [0.717, 1.165) is 50.8 Å². The highest BCUT2D eigenvalue weighted by molar-refractivity contribution is 8.00. The highest BCUT2D eigenvalue weighted by Crippen LogP contribution is 2.29. The molecular formula is C16H28N2O2S. The maximum absolute atomic E-state index is 12.1. The highest BCUT2D eigenvalue weighted by atomic mass is 32.2. The minimum Gasteiger partial charge on any atom is -0.381 e. The lowest BCUT2D eigenvalue weighted by Crippen LogP contribution is -2.42. The first-order valence-corrected chi connectivity index (χ1v) is 9.59. The Morgan fingerprint density at radius 3 is 2.67 bits per heavy atom. The Morgan fingerprint density at radius 2 is 1.90 bits per heavy atom. The average molecular weight is 312 g/mol. The molecule has 4 nitrogen and oxygen atoms in total. The zero-order chi connectivity index (χ0) is 14.5. The molecule has 0 spiro atoms. The molecule has 0 radical (unpaired) electrons. The molecule has 0 aromatic heterocycles. The van der Waals surface area contributed by atoms with Crippen molar-refractivity contribution < 1.29 is 9.53 Å². The molecule has 2 heterocycles. The van der Waals surface area contributed by atoms with Gasteiger partial charge in [0.05, 0.1) is 5.75 Å². The third-order valence-electron chi connectivity index (χ3n) is 5.04. The molecule has 0 bridgehead atoms. The summed E-state index contributed by atoms with van der Waals surface area (Å²) in [6.07, 6.45) is 8.72. The van der Waals surface area contributed by atoms with Gasteiger partial charge in [0.1, 0.15) is 0 Å². The molecule has 2 aliphatic heterocycles. The summed E-state index contributed by atoms with van der Waals surface area (Å²) in [5, 5.41) is 3.97. The van der Waals surface area contributed by atoms with Gasteiger partial charge in [0.25, 0.3) is 0 Å². The smallest absolute Gasteiger partial charge is 0.230 e. The summed E-state index contributed by atoms with van der Waals surface area (Å²) in [5.41, 5.74) is 0. The molecule has 1 N–H and O–H groups in total. The molecule has 3 aliphatic rings. The summed E-state index contributed by atoms with van der Waals surface area (Å²) in [7, 11) is 0. The normalized spacial score (nSPS) is 29.0. The quantitative estimate of drug-likeness (QED) is 0.843. The lowest BCUT2D eigenvalue weighted by atomic mass is 10.1. The van der Waals surface area contributed by atoms with E-state index in [0.29, 0.717) is 17.8 Å².